The van der Waals surface area contributed by atoms with Crippen LogP contribution < -0.4 is 25.8 Å². The Balaban J connectivity index is 1.44. The van der Waals surface area contributed by atoms with Crippen LogP contribution in [0.4, 0.5) is 9.59 Å². The van der Waals surface area contributed by atoms with Gasteiger partial charge >= 0.3 is 12.2 Å². The van der Waals surface area contributed by atoms with Crippen molar-refractivity contribution in [1.29, 1.82) is 0 Å². The minimum Gasteiger partial charge on any atom is -0.457 e. The molecule has 1 fully saturated rings. The Kier molecular flexibility index (Phi) is 12.8. The van der Waals surface area contributed by atoms with Gasteiger partial charge in [-0.25, -0.2) is 9.59 Å². The highest BCUT2D eigenvalue weighted by Gasteiger charge is 2.25. The van der Waals surface area contributed by atoms with Crippen LogP contribution in [0.1, 0.15) is 82.3 Å². The number of alkyl carbamates (subject to hydrolysis) is 2. The maximum atomic E-state index is 13.8. The monoisotopic (exact) mass is 703 g/mol. The molecule has 3 aromatic rings. The average Bonchev–Trinajstić information content (AvgIpc) is 3.06. The number of hydrogen-bond donors (Lipinski definition) is 4. The lowest BCUT2D eigenvalue weighted by molar-refractivity contribution is 0.0510. The van der Waals surface area contributed by atoms with Crippen molar-refractivity contribution in [3.8, 4) is 23.0 Å². The summed E-state index contributed by atoms with van der Waals surface area (Å²) < 4.78 is 22.9. The van der Waals surface area contributed by atoms with E-state index in [1.165, 1.54) is 0 Å². The number of benzene rings is 3. The second-order valence-corrected chi connectivity index (χ2v) is 14.4. The number of likely N-dealkylation sites (tertiary alicyclic amines) is 1. The maximum Gasteiger partial charge on any atom is 0.407 e. The smallest absolute Gasteiger partial charge is 0.407 e. The Labute approximate surface area is 299 Å². The largest absolute Gasteiger partial charge is 0.457 e. The number of nitrogens with one attached hydrogen (secondary N) is 2. The number of oxime groups is 1. The molecule has 51 heavy (non-hydrogen) atoms. The normalized spacial score (nSPS) is 14.0. The van der Waals surface area contributed by atoms with Gasteiger partial charge in [0.05, 0.1) is 0 Å². The molecule has 3 amide bonds. The van der Waals surface area contributed by atoms with Gasteiger partial charge in [0.1, 0.15) is 34.2 Å². The van der Waals surface area contributed by atoms with E-state index in [0.717, 1.165) is 24.8 Å². The van der Waals surface area contributed by atoms with Gasteiger partial charge in [0.25, 0.3) is 5.91 Å². The summed E-state index contributed by atoms with van der Waals surface area (Å²) in [6, 6.07) is 18.9. The van der Waals surface area contributed by atoms with E-state index in [4.69, 9.17) is 29.9 Å². The van der Waals surface area contributed by atoms with Crippen LogP contribution >= 0.6 is 0 Å². The molecule has 1 aliphatic rings. The predicted octanol–water partition coefficient (Wildman–Crippen LogP) is 7.16. The van der Waals surface area contributed by atoms with Gasteiger partial charge in [0, 0.05) is 43.4 Å². The third-order valence-corrected chi connectivity index (χ3v) is 7.74. The molecule has 0 saturated carbocycles. The summed E-state index contributed by atoms with van der Waals surface area (Å²) in [5.74, 6) is 1.97. The fourth-order valence-electron chi connectivity index (χ4n) is 5.30. The van der Waals surface area contributed by atoms with E-state index in [1.807, 2.05) is 37.8 Å². The lowest BCUT2D eigenvalue weighted by Gasteiger charge is -2.32. The van der Waals surface area contributed by atoms with Crippen LogP contribution in [0.3, 0.4) is 0 Å². The Bertz CT molecular complexity index is 1670. The lowest BCUT2D eigenvalue weighted by Crippen LogP contribution is -2.39. The number of carbonyl (C=O) groups excluding carboxylic acids is 3. The quantitative estimate of drug-likeness (QED) is 0.0699. The van der Waals surface area contributed by atoms with Gasteiger partial charge in [-0.05, 0) is 121 Å². The van der Waals surface area contributed by atoms with E-state index >= 15 is 0 Å². The SMILES string of the molecule is CC(C)(C)OC(=O)NCCC1CCN(C(=O)c2cc(Oc3ccc(CNC(=O)OC(C)(C)C)cc3)cc(Oc3ccc(/C(N)=N/O)cc3)c2)CC1. The molecule has 1 aliphatic heterocycles. The van der Waals surface area contributed by atoms with Gasteiger partial charge in [-0.2, -0.15) is 0 Å². The molecule has 0 radical (unpaired) electrons. The van der Waals surface area contributed by atoms with E-state index in [0.29, 0.717) is 59.7 Å². The molecule has 0 atom stereocenters. The number of amidine groups is 1. The van der Waals surface area contributed by atoms with Gasteiger partial charge in [-0.3, -0.25) is 4.79 Å². The Morgan fingerprint density at radius 2 is 1.27 bits per heavy atom. The standard InChI is InChI=1S/C38H49N5O8/c1-37(2,3)50-35(45)40-18-15-25-16-19-43(20-17-25)34(44)28-21-31(23-32(22-28)49-30-13-9-27(10-14-30)33(39)42-47)48-29-11-7-26(8-12-29)24-41-36(46)51-38(4,5)6/h7-14,21-23,25,47H,15-20,24H2,1-6H3,(H2,39,42)(H,40,45)(H,41,46). The molecule has 274 valence electrons. The van der Waals surface area contributed by atoms with E-state index in [9.17, 15) is 14.4 Å². The molecule has 13 nitrogen and oxygen atoms in total. The Morgan fingerprint density at radius 3 is 1.78 bits per heavy atom. The van der Waals surface area contributed by atoms with E-state index in [-0.39, 0.29) is 18.3 Å². The summed E-state index contributed by atoms with van der Waals surface area (Å²) in [7, 11) is 0. The molecule has 0 bridgehead atoms. The van der Waals surface area contributed by atoms with Gasteiger partial charge in [0.15, 0.2) is 5.84 Å². The number of rotatable bonds is 11. The van der Waals surface area contributed by atoms with Crippen LogP contribution in [0.2, 0.25) is 0 Å². The van der Waals surface area contributed by atoms with E-state index in [1.54, 1.807) is 75.4 Å². The first-order valence-corrected chi connectivity index (χ1v) is 17.0. The number of nitrogens with zero attached hydrogens (tertiary/aromatic N) is 2. The minimum absolute atomic E-state index is 0.0282. The van der Waals surface area contributed by atoms with E-state index in [2.05, 4.69) is 15.8 Å². The average molecular weight is 704 g/mol. The molecular formula is C38H49N5O8. The van der Waals surface area contributed by atoms with Crippen LogP contribution in [-0.2, 0) is 16.0 Å². The van der Waals surface area contributed by atoms with Crippen molar-refractivity contribution in [2.24, 2.45) is 16.8 Å². The number of nitrogens with two attached hydrogens (primary N) is 1. The van der Waals surface area contributed by atoms with E-state index < -0.39 is 23.4 Å². The molecule has 0 unspecified atom stereocenters. The van der Waals surface area contributed by atoms with Crippen molar-refractivity contribution in [3.05, 3.63) is 83.4 Å². The highest BCUT2D eigenvalue weighted by molar-refractivity contribution is 5.97. The molecule has 1 heterocycles. The van der Waals surface area contributed by atoms with Crippen LogP contribution in [0.15, 0.2) is 71.9 Å². The molecule has 0 aliphatic carbocycles. The molecule has 1 saturated heterocycles. The third-order valence-electron chi connectivity index (χ3n) is 7.74. The van der Waals surface area contributed by atoms with Crippen molar-refractivity contribution in [2.75, 3.05) is 19.6 Å². The molecule has 4 rings (SSSR count). The first-order valence-electron chi connectivity index (χ1n) is 17.0. The maximum absolute atomic E-state index is 13.8. The van der Waals surface area contributed by atoms with Crippen LogP contribution in [-0.4, -0.2) is 64.9 Å². The number of ether oxygens (including phenoxy) is 4. The van der Waals surface area contributed by atoms with Gasteiger partial charge < -0.3 is 45.4 Å². The molecule has 0 spiro atoms. The minimum atomic E-state index is -0.592. The zero-order chi connectivity index (χ0) is 37.2. The summed E-state index contributed by atoms with van der Waals surface area (Å²) >= 11 is 0. The second kappa shape index (κ2) is 17.0. The summed E-state index contributed by atoms with van der Waals surface area (Å²) in [6.07, 6.45) is 1.48. The molecule has 3 aromatic carbocycles. The Morgan fingerprint density at radius 1 is 0.765 bits per heavy atom. The zero-order valence-electron chi connectivity index (χ0n) is 30.2. The third kappa shape index (κ3) is 12.7. The molecular weight excluding hydrogens is 654 g/mol. The van der Waals surface area contributed by atoms with Gasteiger partial charge in [-0.1, -0.05) is 17.3 Å². The predicted molar refractivity (Wildman–Crippen MR) is 193 cm³/mol. The first-order chi connectivity index (χ1) is 24.1. The fourth-order valence-corrected chi connectivity index (χ4v) is 5.30. The highest BCUT2D eigenvalue weighted by atomic mass is 16.6. The molecule has 0 aromatic heterocycles. The van der Waals surface area contributed by atoms with Crippen LogP contribution in [0.25, 0.3) is 0 Å². The number of piperidine rings is 1. The fraction of sp³-hybridized carbons (Fsp3) is 0.421. The number of amides is 3. The van der Waals surface area contributed by atoms with Crippen LogP contribution in [0.5, 0.6) is 23.0 Å². The van der Waals surface area contributed by atoms with Crippen molar-refractivity contribution < 1.29 is 38.5 Å². The topological polar surface area (TPSA) is 174 Å². The van der Waals surface area contributed by atoms with Crippen molar-refractivity contribution in [3.63, 3.8) is 0 Å². The van der Waals surface area contributed by atoms with Crippen molar-refractivity contribution in [1.82, 2.24) is 15.5 Å². The zero-order valence-corrected chi connectivity index (χ0v) is 30.2. The summed E-state index contributed by atoms with van der Waals surface area (Å²) in [5, 5.41) is 17.6. The highest BCUT2D eigenvalue weighted by Crippen LogP contribution is 2.32. The number of carbonyl (C=O) groups is 3. The molecule has 5 N–H and O–H groups in total. The molecule has 13 heteroatoms. The lowest BCUT2D eigenvalue weighted by atomic mass is 9.93. The first kappa shape index (κ1) is 38.3. The number of hydrogen-bond acceptors (Lipinski definition) is 9. The van der Waals surface area contributed by atoms with Crippen LogP contribution in [0, 0.1) is 5.92 Å². The van der Waals surface area contributed by atoms with Crippen molar-refractivity contribution in [2.45, 2.75) is 78.6 Å². The summed E-state index contributed by atoms with van der Waals surface area (Å²) in [5.41, 5.74) is 6.32. The Hall–Kier alpha value is -5.46. The second-order valence-electron chi connectivity index (χ2n) is 14.4. The van der Waals surface area contributed by atoms with Gasteiger partial charge in [0.2, 0.25) is 0 Å². The summed E-state index contributed by atoms with van der Waals surface area (Å²) in [6.45, 7) is 12.8. The van der Waals surface area contributed by atoms with Gasteiger partial charge in [-0.15, -0.1) is 0 Å². The van der Waals surface area contributed by atoms with Crippen molar-refractivity contribution >= 4 is 23.9 Å². The summed E-state index contributed by atoms with van der Waals surface area (Å²) in [4.78, 5) is 39.7.